The van der Waals surface area contributed by atoms with E-state index >= 15 is 0 Å². The van der Waals surface area contributed by atoms with Crippen molar-refractivity contribution in [3.63, 3.8) is 0 Å². The van der Waals surface area contributed by atoms with Gasteiger partial charge in [-0.25, -0.2) is 5.84 Å². The van der Waals surface area contributed by atoms with Crippen molar-refractivity contribution in [1.29, 1.82) is 0 Å². The molecule has 0 atom stereocenters. The van der Waals surface area contributed by atoms with Crippen LogP contribution in [0.5, 0.6) is 11.5 Å². The highest BCUT2D eigenvalue weighted by molar-refractivity contribution is 5.96. The standard InChI is InChI=1S/C19H30N2O3.ClH/c1-2-3-4-5-6-7-8-9-10-11-14-24-16-12-13-17(18(22)15-16)19(23)21-20;/h11-15,22H,2-10,20H2,1H3,(H,21,23);1H. The predicted molar refractivity (Wildman–Crippen MR) is 104 cm³/mol. The maximum atomic E-state index is 11.4. The first-order valence-electron chi connectivity index (χ1n) is 8.84. The Morgan fingerprint density at radius 2 is 1.80 bits per heavy atom. The molecular formula is C19H31ClN2O3. The molecule has 1 amide bonds. The zero-order valence-corrected chi connectivity index (χ0v) is 15.8. The van der Waals surface area contributed by atoms with Gasteiger partial charge in [-0.1, -0.05) is 51.9 Å². The highest BCUT2D eigenvalue weighted by atomic mass is 35.5. The summed E-state index contributed by atoms with van der Waals surface area (Å²) >= 11 is 0. The monoisotopic (exact) mass is 370 g/mol. The Morgan fingerprint density at radius 1 is 1.16 bits per heavy atom. The van der Waals surface area contributed by atoms with E-state index in [0.29, 0.717) is 5.75 Å². The molecule has 6 heteroatoms. The highest BCUT2D eigenvalue weighted by Crippen LogP contribution is 2.23. The van der Waals surface area contributed by atoms with Crippen LogP contribution in [0.4, 0.5) is 0 Å². The van der Waals surface area contributed by atoms with Crippen molar-refractivity contribution < 1.29 is 14.6 Å². The van der Waals surface area contributed by atoms with Crippen molar-refractivity contribution in [2.24, 2.45) is 5.84 Å². The normalized spacial score (nSPS) is 10.5. The maximum Gasteiger partial charge on any atom is 0.268 e. The van der Waals surface area contributed by atoms with Crippen molar-refractivity contribution in [1.82, 2.24) is 5.43 Å². The molecule has 0 radical (unpaired) electrons. The number of amides is 1. The third-order valence-electron chi connectivity index (χ3n) is 3.87. The van der Waals surface area contributed by atoms with Crippen molar-refractivity contribution in [3.8, 4) is 11.5 Å². The van der Waals surface area contributed by atoms with Crippen LogP contribution in [-0.4, -0.2) is 11.0 Å². The molecule has 0 saturated heterocycles. The van der Waals surface area contributed by atoms with Gasteiger partial charge in [0.25, 0.3) is 5.91 Å². The van der Waals surface area contributed by atoms with Crippen LogP contribution >= 0.6 is 12.4 Å². The summed E-state index contributed by atoms with van der Waals surface area (Å²) in [6, 6.07) is 4.48. The first kappa shape index (κ1) is 23.3. The molecule has 0 aliphatic heterocycles. The zero-order valence-electron chi connectivity index (χ0n) is 15.0. The van der Waals surface area contributed by atoms with E-state index in [2.05, 4.69) is 6.92 Å². The number of phenols is 1. The van der Waals surface area contributed by atoms with Crippen LogP contribution in [0, 0.1) is 0 Å². The van der Waals surface area contributed by atoms with Crippen molar-refractivity contribution in [2.45, 2.75) is 64.7 Å². The average molecular weight is 371 g/mol. The van der Waals surface area contributed by atoms with Crippen LogP contribution < -0.4 is 16.0 Å². The molecule has 1 aromatic carbocycles. The van der Waals surface area contributed by atoms with Gasteiger partial charge in [0.2, 0.25) is 0 Å². The van der Waals surface area contributed by atoms with Gasteiger partial charge < -0.3 is 9.84 Å². The van der Waals surface area contributed by atoms with Gasteiger partial charge in [0.05, 0.1) is 11.8 Å². The van der Waals surface area contributed by atoms with E-state index in [1.54, 1.807) is 12.3 Å². The number of hydrazine groups is 1. The van der Waals surface area contributed by atoms with E-state index < -0.39 is 5.91 Å². The molecule has 4 N–H and O–H groups in total. The van der Waals surface area contributed by atoms with Crippen molar-refractivity contribution in [3.05, 3.63) is 36.1 Å². The second-order valence-corrected chi connectivity index (χ2v) is 5.91. The Morgan fingerprint density at radius 3 is 2.40 bits per heavy atom. The first-order chi connectivity index (χ1) is 11.7. The quantitative estimate of drug-likeness (QED) is 0.161. The largest absolute Gasteiger partial charge is 0.507 e. The van der Waals surface area contributed by atoms with E-state index in [0.717, 1.165) is 12.8 Å². The van der Waals surface area contributed by atoms with Crippen LogP contribution in [0.15, 0.2) is 30.5 Å². The Hall–Kier alpha value is -1.72. The number of nitrogens with one attached hydrogen (secondary N) is 1. The number of halogens is 1. The maximum absolute atomic E-state index is 11.4. The lowest BCUT2D eigenvalue weighted by atomic mass is 10.1. The second kappa shape index (κ2) is 14.6. The third kappa shape index (κ3) is 9.99. The molecule has 0 aromatic heterocycles. The Bertz CT molecular complexity index is 521. The number of phenolic OH excluding ortho intramolecular Hbond substituents is 1. The summed E-state index contributed by atoms with van der Waals surface area (Å²) in [6.45, 7) is 2.24. The molecule has 25 heavy (non-hydrogen) atoms. The van der Waals surface area contributed by atoms with Gasteiger partial charge in [0.15, 0.2) is 0 Å². The van der Waals surface area contributed by atoms with Crippen LogP contribution in [0.2, 0.25) is 0 Å². The number of hydrogen-bond donors (Lipinski definition) is 3. The highest BCUT2D eigenvalue weighted by Gasteiger charge is 2.10. The van der Waals surface area contributed by atoms with Crippen molar-refractivity contribution >= 4 is 18.3 Å². The SMILES string of the molecule is CCCCCCCCCCC=COc1ccc(C(=O)NN)c(O)c1.Cl. The number of benzene rings is 1. The first-order valence-corrected chi connectivity index (χ1v) is 8.84. The Kier molecular flexibility index (Phi) is 13.6. The van der Waals surface area contributed by atoms with Crippen LogP contribution in [0.25, 0.3) is 0 Å². The van der Waals surface area contributed by atoms with Crippen molar-refractivity contribution in [2.75, 3.05) is 0 Å². The lowest BCUT2D eigenvalue weighted by molar-refractivity contribution is 0.0951. The second-order valence-electron chi connectivity index (χ2n) is 5.91. The van der Waals surface area contributed by atoms with Gasteiger partial charge in [0, 0.05) is 6.07 Å². The summed E-state index contributed by atoms with van der Waals surface area (Å²) in [6.07, 6.45) is 15.0. The fourth-order valence-electron chi connectivity index (χ4n) is 2.45. The minimum absolute atomic E-state index is 0. The molecule has 5 nitrogen and oxygen atoms in total. The molecule has 0 heterocycles. The van der Waals surface area contributed by atoms with Crippen LogP contribution in [0.3, 0.4) is 0 Å². The number of nitrogen functional groups attached to an aromatic ring is 1. The number of allylic oxidation sites excluding steroid dienone is 1. The molecular weight excluding hydrogens is 340 g/mol. The average Bonchev–Trinajstić information content (AvgIpc) is 2.59. The number of rotatable bonds is 12. The fraction of sp³-hybridized carbons (Fsp3) is 0.526. The van der Waals surface area contributed by atoms with Crippen LogP contribution in [-0.2, 0) is 0 Å². The third-order valence-corrected chi connectivity index (χ3v) is 3.87. The van der Waals surface area contributed by atoms with E-state index in [-0.39, 0.29) is 23.7 Å². The lowest BCUT2D eigenvalue weighted by Crippen LogP contribution is -2.29. The fourth-order valence-corrected chi connectivity index (χ4v) is 2.45. The lowest BCUT2D eigenvalue weighted by Gasteiger charge is -2.05. The minimum atomic E-state index is -0.538. The van der Waals surface area contributed by atoms with Gasteiger partial charge in [-0.3, -0.25) is 10.2 Å². The number of carbonyl (C=O) groups is 1. The molecule has 0 fully saturated rings. The number of carbonyl (C=O) groups excluding carboxylic acids is 1. The molecule has 0 unspecified atom stereocenters. The van der Waals surface area contributed by atoms with Gasteiger partial charge in [-0.2, -0.15) is 0 Å². The molecule has 0 bridgehead atoms. The van der Waals surface area contributed by atoms with E-state index in [4.69, 9.17) is 10.6 Å². The Labute approximate surface area is 157 Å². The summed E-state index contributed by atoms with van der Waals surface area (Å²) in [4.78, 5) is 11.4. The summed E-state index contributed by atoms with van der Waals surface area (Å²) in [5.41, 5.74) is 2.10. The molecule has 0 spiro atoms. The molecule has 0 saturated carbocycles. The number of unbranched alkanes of at least 4 members (excludes halogenated alkanes) is 8. The summed E-state index contributed by atoms with van der Waals surface area (Å²) in [7, 11) is 0. The summed E-state index contributed by atoms with van der Waals surface area (Å²) < 4.78 is 5.42. The number of nitrogens with two attached hydrogens (primary N) is 1. The van der Waals surface area contributed by atoms with E-state index in [1.165, 1.54) is 57.1 Å². The minimum Gasteiger partial charge on any atom is -0.507 e. The smallest absolute Gasteiger partial charge is 0.268 e. The number of hydrogen-bond acceptors (Lipinski definition) is 4. The number of aromatic hydroxyl groups is 1. The topological polar surface area (TPSA) is 84.6 Å². The molecule has 1 aromatic rings. The zero-order chi connectivity index (χ0) is 17.6. The van der Waals surface area contributed by atoms with Crippen LogP contribution in [0.1, 0.15) is 75.1 Å². The van der Waals surface area contributed by atoms with Gasteiger partial charge in [-0.05, 0) is 31.1 Å². The molecule has 0 aliphatic rings. The predicted octanol–water partition coefficient (Wildman–Crippen LogP) is 4.84. The summed E-state index contributed by atoms with van der Waals surface area (Å²) in [5.74, 6) is 4.82. The van der Waals surface area contributed by atoms with E-state index in [1.807, 2.05) is 11.5 Å². The van der Waals surface area contributed by atoms with Gasteiger partial charge in [0.1, 0.15) is 11.5 Å². The number of ether oxygens (including phenoxy) is 1. The van der Waals surface area contributed by atoms with E-state index in [9.17, 15) is 9.90 Å². The van der Waals surface area contributed by atoms with Gasteiger partial charge in [-0.15, -0.1) is 12.4 Å². The van der Waals surface area contributed by atoms with Gasteiger partial charge >= 0.3 is 0 Å². The summed E-state index contributed by atoms with van der Waals surface area (Å²) in [5, 5.41) is 9.75. The molecule has 0 aliphatic carbocycles. The Balaban J connectivity index is 0.00000576. The molecule has 142 valence electrons. The molecule has 1 rings (SSSR count).